The van der Waals surface area contributed by atoms with E-state index in [0.717, 1.165) is 12.4 Å². The van der Waals surface area contributed by atoms with Crippen LogP contribution < -0.4 is 0 Å². The predicted octanol–water partition coefficient (Wildman–Crippen LogP) is 0.662. The molecule has 0 fully saturated rings. The highest BCUT2D eigenvalue weighted by molar-refractivity contribution is 7.46. The molecule has 1 rings (SSSR count). The molecule has 0 aliphatic carbocycles. The maximum atomic E-state index is 11.2. The summed E-state index contributed by atoms with van der Waals surface area (Å²) >= 11 is 0. The van der Waals surface area contributed by atoms with Crippen molar-refractivity contribution in [2.75, 3.05) is 0 Å². The molecule has 17 heavy (non-hydrogen) atoms. The van der Waals surface area contributed by atoms with Crippen LogP contribution in [0, 0.1) is 0 Å². The number of nitrogens with zero attached hydrogens (tertiary/aromatic N) is 1. The van der Waals surface area contributed by atoms with Gasteiger partial charge in [-0.25, -0.2) is 9.63 Å². The second kappa shape index (κ2) is 4.93. The maximum absolute atomic E-state index is 11.2. The number of phosphoric acid groups is 1. The van der Waals surface area contributed by atoms with Gasteiger partial charge in [-0.15, -0.1) is 0 Å². The smallest absolute Gasteiger partial charge is 0.301 e. The van der Waals surface area contributed by atoms with E-state index in [4.69, 9.17) is 9.79 Å². The molecule has 1 aliphatic heterocycles. The minimum Gasteiger partial charge on any atom is -0.301 e. The summed E-state index contributed by atoms with van der Waals surface area (Å²) in [6, 6.07) is 0. The van der Waals surface area contributed by atoms with Crippen LogP contribution in [0.5, 0.6) is 0 Å². The van der Waals surface area contributed by atoms with Crippen LogP contribution in [0.4, 0.5) is 0 Å². The fourth-order valence-corrected chi connectivity index (χ4v) is 1.58. The van der Waals surface area contributed by atoms with Gasteiger partial charge in [0.25, 0.3) is 0 Å². The van der Waals surface area contributed by atoms with Gasteiger partial charge in [0.05, 0.1) is 0 Å². The molecular formula is C9H12NO6P. The van der Waals surface area contributed by atoms with Gasteiger partial charge in [0, 0.05) is 30.0 Å². The summed E-state index contributed by atoms with van der Waals surface area (Å²) in [5.74, 6) is -0.590. The van der Waals surface area contributed by atoms with Crippen LogP contribution in [-0.4, -0.2) is 26.4 Å². The molecule has 0 aromatic heterocycles. The van der Waals surface area contributed by atoms with Gasteiger partial charge in [-0.3, -0.25) is 9.59 Å². The lowest BCUT2D eigenvalue weighted by atomic mass is 9.99. The van der Waals surface area contributed by atoms with E-state index < -0.39 is 7.82 Å². The number of ketones is 2. The normalized spacial score (nSPS) is 16.4. The summed E-state index contributed by atoms with van der Waals surface area (Å²) in [7, 11) is -4.73. The first-order valence-corrected chi connectivity index (χ1v) is 6.19. The van der Waals surface area contributed by atoms with Crippen LogP contribution in [0.1, 0.15) is 20.3 Å². The molecular weight excluding hydrogens is 249 g/mol. The summed E-state index contributed by atoms with van der Waals surface area (Å²) < 4.78 is 14.9. The highest BCUT2D eigenvalue weighted by Gasteiger charge is 2.24. The van der Waals surface area contributed by atoms with Gasteiger partial charge < -0.3 is 9.79 Å². The number of carbonyl (C=O) groups excluding carboxylic acids is 2. The van der Waals surface area contributed by atoms with Crippen LogP contribution in [0.15, 0.2) is 23.5 Å². The Morgan fingerprint density at radius 2 is 1.65 bits per heavy atom. The third-order valence-corrected chi connectivity index (χ3v) is 2.45. The molecule has 0 spiro atoms. The standard InChI is InChI=1S/C9H12NO6P/c1-6(11)8-3-9(7(2)12)5-10(4-8)16-17(13,14)15/h4-5H,3H2,1-2H3,(H2,13,14,15). The van der Waals surface area contributed by atoms with Gasteiger partial charge in [-0.1, -0.05) is 0 Å². The van der Waals surface area contributed by atoms with E-state index in [9.17, 15) is 14.2 Å². The summed E-state index contributed by atoms with van der Waals surface area (Å²) in [5.41, 5.74) is 0.484. The van der Waals surface area contributed by atoms with Crippen LogP contribution >= 0.6 is 7.82 Å². The van der Waals surface area contributed by atoms with Crippen molar-refractivity contribution in [3.05, 3.63) is 23.5 Å². The summed E-state index contributed by atoms with van der Waals surface area (Å²) in [6.45, 7) is 2.59. The molecule has 1 aliphatic rings. The Kier molecular flexibility index (Phi) is 4.00. The van der Waals surface area contributed by atoms with Crippen molar-refractivity contribution in [2.24, 2.45) is 0 Å². The van der Waals surface area contributed by atoms with Crippen molar-refractivity contribution in [3.63, 3.8) is 0 Å². The van der Waals surface area contributed by atoms with Gasteiger partial charge in [-0.05, 0) is 13.8 Å². The molecule has 1 heterocycles. The predicted molar refractivity (Wildman–Crippen MR) is 57.1 cm³/mol. The van der Waals surface area contributed by atoms with E-state index in [0.29, 0.717) is 5.06 Å². The number of carbonyl (C=O) groups is 2. The van der Waals surface area contributed by atoms with Crippen LogP contribution in [0.25, 0.3) is 0 Å². The van der Waals surface area contributed by atoms with E-state index in [1.807, 2.05) is 0 Å². The monoisotopic (exact) mass is 261 g/mol. The molecule has 2 N–H and O–H groups in total. The zero-order valence-electron chi connectivity index (χ0n) is 9.28. The van der Waals surface area contributed by atoms with Gasteiger partial charge >= 0.3 is 7.82 Å². The molecule has 0 atom stereocenters. The first-order valence-electron chi connectivity index (χ1n) is 4.66. The van der Waals surface area contributed by atoms with Gasteiger partial charge in [0.15, 0.2) is 11.6 Å². The Hall–Kier alpha value is -1.27. The highest BCUT2D eigenvalue weighted by Crippen LogP contribution is 2.38. The molecule has 0 aromatic rings. The van der Waals surface area contributed by atoms with E-state index in [2.05, 4.69) is 4.62 Å². The first-order chi connectivity index (χ1) is 7.69. The number of hydroxylamine groups is 2. The average molecular weight is 261 g/mol. The minimum absolute atomic E-state index is 0.131. The fourth-order valence-electron chi connectivity index (χ4n) is 1.24. The summed E-state index contributed by atoms with van der Waals surface area (Å²) in [5, 5.41) is 0.692. The zero-order valence-corrected chi connectivity index (χ0v) is 10.2. The molecule has 0 aromatic carbocycles. The van der Waals surface area contributed by atoms with E-state index >= 15 is 0 Å². The topological polar surface area (TPSA) is 104 Å². The zero-order chi connectivity index (χ0) is 13.2. The molecule has 0 amide bonds. The van der Waals surface area contributed by atoms with Crippen molar-refractivity contribution in [1.82, 2.24) is 5.06 Å². The van der Waals surface area contributed by atoms with Crippen molar-refractivity contribution in [2.45, 2.75) is 20.3 Å². The molecule has 0 unspecified atom stereocenters. The van der Waals surface area contributed by atoms with Crippen molar-refractivity contribution in [1.29, 1.82) is 0 Å². The number of allylic oxidation sites excluding steroid dienone is 2. The SMILES string of the molecule is CC(=O)C1=CN(OP(=O)(O)O)C=C(C(C)=O)C1. The lowest BCUT2D eigenvalue weighted by Crippen LogP contribution is -2.19. The Balaban J connectivity index is 3.00. The fraction of sp³-hybridized carbons (Fsp3) is 0.333. The molecule has 0 bridgehead atoms. The van der Waals surface area contributed by atoms with Crippen LogP contribution in [-0.2, 0) is 18.8 Å². The van der Waals surface area contributed by atoms with E-state index in [1.165, 1.54) is 13.8 Å². The Morgan fingerprint density at radius 1 is 1.24 bits per heavy atom. The Labute approximate surface area is 97.6 Å². The molecule has 8 heteroatoms. The number of rotatable bonds is 4. The summed E-state index contributed by atoms with van der Waals surface area (Å²) in [4.78, 5) is 39.7. The van der Waals surface area contributed by atoms with Gasteiger partial charge in [0.2, 0.25) is 0 Å². The number of Topliss-reactive ketones (excluding diaryl/α,β-unsaturated/α-hetero) is 2. The minimum atomic E-state index is -4.73. The lowest BCUT2D eigenvalue weighted by molar-refractivity contribution is -0.114. The quantitative estimate of drug-likeness (QED) is 0.716. The van der Waals surface area contributed by atoms with Crippen LogP contribution in [0.3, 0.4) is 0 Å². The average Bonchev–Trinajstić information content (AvgIpc) is 2.14. The number of hydrogen-bond acceptors (Lipinski definition) is 5. The lowest BCUT2D eigenvalue weighted by Gasteiger charge is -2.22. The van der Waals surface area contributed by atoms with E-state index in [-0.39, 0.29) is 29.1 Å². The Bertz CT molecular complexity index is 430. The molecule has 0 radical (unpaired) electrons. The van der Waals surface area contributed by atoms with Crippen molar-refractivity contribution < 1.29 is 28.6 Å². The van der Waals surface area contributed by atoms with E-state index in [1.54, 1.807) is 0 Å². The van der Waals surface area contributed by atoms with Crippen molar-refractivity contribution >= 4 is 19.4 Å². The second-order valence-corrected chi connectivity index (χ2v) is 4.67. The summed E-state index contributed by atoms with van der Waals surface area (Å²) in [6.07, 6.45) is 2.42. The highest BCUT2D eigenvalue weighted by atomic mass is 31.2. The number of hydrogen-bond donors (Lipinski definition) is 2. The molecule has 0 saturated carbocycles. The van der Waals surface area contributed by atoms with Gasteiger partial charge in [-0.2, -0.15) is 4.62 Å². The maximum Gasteiger partial charge on any atom is 0.491 e. The largest absolute Gasteiger partial charge is 0.491 e. The van der Waals surface area contributed by atoms with Crippen molar-refractivity contribution in [3.8, 4) is 0 Å². The first kappa shape index (κ1) is 13.8. The third kappa shape index (κ3) is 4.24. The molecule has 94 valence electrons. The molecule has 0 saturated heterocycles. The van der Waals surface area contributed by atoms with Crippen LogP contribution in [0.2, 0.25) is 0 Å². The second-order valence-electron chi connectivity index (χ2n) is 3.53. The Morgan fingerprint density at radius 3 is 1.94 bits per heavy atom. The molecule has 7 nitrogen and oxygen atoms in total. The third-order valence-electron chi connectivity index (χ3n) is 2.05. The van der Waals surface area contributed by atoms with Gasteiger partial charge in [0.1, 0.15) is 0 Å².